The number of nitrogens with zero attached hydrogens (tertiary/aromatic N) is 1. The number of amides is 1. The lowest BCUT2D eigenvalue weighted by atomic mass is 9.89. The molecule has 2 aromatic heterocycles. The Morgan fingerprint density at radius 2 is 1.83 bits per heavy atom. The minimum Gasteiger partial charge on any atom is -0.325 e. The van der Waals surface area contributed by atoms with Crippen molar-refractivity contribution >= 4 is 50.7 Å². The molecule has 4 aromatic rings. The van der Waals surface area contributed by atoms with Crippen molar-refractivity contribution in [2.75, 3.05) is 5.32 Å². The number of nitrogens with one attached hydrogen (secondary N) is 2. The zero-order valence-corrected chi connectivity index (χ0v) is 21.1. The van der Waals surface area contributed by atoms with Crippen LogP contribution in [0.5, 0.6) is 0 Å². The molecule has 2 aromatic carbocycles. The first kappa shape index (κ1) is 23.5. The van der Waals surface area contributed by atoms with Gasteiger partial charge in [-0.15, -0.1) is 11.3 Å². The molecule has 0 bridgehead atoms. The van der Waals surface area contributed by atoms with Gasteiger partial charge in [0.05, 0.1) is 10.6 Å². The van der Waals surface area contributed by atoms with E-state index in [4.69, 9.17) is 0 Å². The number of ketones is 1. The summed E-state index contributed by atoms with van der Waals surface area (Å²) in [6.45, 7) is 3.27. The van der Waals surface area contributed by atoms with Gasteiger partial charge < -0.3 is 10.3 Å². The Morgan fingerprint density at radius 3 is 2.57 bits per heavy atom. The van der Waals surface area contributed by atoms with Crippen LogP contribution in [0.2, 0.25) is 0 Å². The molecule has 1 amide bonds. The summed E-state index contributed by atoms with van der Waals surface area (Å²) in [5.41, 5.74) is 5.74. The molecule has 8 heteroatoms. The van der Waals surface area contributed by atoms with Crippen LogP contribution in [0, 0.1) is 0 Å². The first-order valence-corrected chi connectivity index (χ1v) is 13.4. The number of rotatable bonds is 6. The van der Waals surface area contributed by atoms with Gasteiger partial charge in [0.1, 0.15) is 4.83 Å². The number of hydrogen-bond acceptors (Lipinski definition) is 6. The third-order valence-electron chi connectivity index (χ3n) is 6.30. The first-order chi connectivity index (χ1) is 16.9. The number of Topliss-reactive ketones (excluding diaryl/α,β-unsaturated/α-hetero) is 1. The molecule has 2 heterocycles. The Kier molecular flexibility index (Phi) is 6.58. The van der Waals surface area contributed by atoms with Crippen molar-refractivity contribution < 1.29 is 9.59 Å². The predicted molar refractivity (Wildman–Crippen MR) is 143 cm³/mol. The molecular formula is C27H25N3O3S2. The quantitative estimate of drug-likeness (QED) is 0.196. The fourth-order valence-corrected chi connectivity index (χ4v) is 6.15. The number of thioether (sulfide) groups is 1. The number of fused-ring (bicyclic) bond motifs is 2. The van der Waals surface area contributed by atoms with Crippen LogP contribution in [0.4, 0.5) is 5.69 Å². The largest absolute Gasteiger partial charge is 0.325 e. The Morgan fingerprint density at radius 1 is 1.09 bits per heavy atom. The highest BCUT2D eigenvalue weighted by Crippen LogP contribution is 2.34. The number of hydrogen-bond donors (Lipinski definition) is 2. The summed E-state index contributed by atoms with van der Waals surface area (Å²) in [5.74, 6) is -0.241. The third kappa shape index (κ3) is 4.94. The number of benzene rings is 2. The highest BCUT2D eigenvalue weighted by molar-refractivity contribution is 8.00. The van der Waals surface area contributed by atoms with E-state index in [0.717, 1.165) is 24.0 Å². The minimum atomic E-state index is -0.483. The average molecular weight is 504 g/mol. The zero-order valence-electron chi connectivity index (χ0n) is 19.5. The van der Waals surface area contributed by atoms with E-state index in [1.807, 2.05) is 5.38 Å². The number of thiophene rings is 1. The van der Waals surface area contributed by atoms with Gasteiger partial charge in [0.2, 0.25) is 5.91 Å². The molecule has 1 aliphatic carbocycles. The highest BCUT2D eigenvalue weighted by atomic mass is 32.2. The molecular weight excluding hydrogens is 478 g/mol. The monoisotopic (exact) mass is 503 g/mol. The Hall–Kier alpha value is -3.23. The van der Waals surface area contributed by atoms with Crippen LogP contribution in [0.25, 0.3) is 21.3 Å². The van der Waals surface area contributed by atoms with Crippen molar-refractivity contribution in [3.63, 3.8) is 0 Å². The predicted octanol–water partition coefficient (Wildman–Crippen LogP) is 5.85. The normalized spacial score (nSPS) is 13.9. The van der Waals surface area contributed by atoms with Crippen molar-refractivity contribution in [3.05, 3.63) is 74.9 Å². The van der Waals surface area contributed by atoms with Gasteiger partial charge in [0, 0.05) is 22.2 Å². The van der Waals surface area contributed by atoms with E-state index in [0.29, 0.717) is 26.6 Å². The fourth-order valence-electron chi connectivity index (χ4n) is 4.35. The molecule has 1 atom stereocenters. The molecule has 2 N–H and O–H groups in total. The van der Waals surface area contributed by atoms with E-state index >= 15 is 0 Å². The fraction of sp³-hybridized carbons (Fsp3) is 0.259. The summed E-state index contributed by atoms with van der Waals surface area (Å²) in [6, 6.07) is 13.3. The van der Waals surface area contributed by atoms with Crippen LogP contribution in [0.1, 0.15) is 48.2 Å². The lowest BCUT2D eigenvalue weighted by Gasteiger charge is -2.16. The molecule has 1 unspecified atom stereocenters. The van der Waals surface area contributed by atoms with Crippen molar-refractivity contribution in [2.24, 2.45) is 0 Å². The van der Waals surface area contributed by atoms with Gasteiger partial charge in [-0.1, -0.05) is 30.0 Å². The van der Waals surface area contributed by atoms with Crippen molar-refractivity contribution in [1.82, 2.24) is 9.97 Å². The average Bonchev–Trinajstić information content (AvgIpc) is 3.28. The lowest BCUT2D eigenvalue weighted by Crippen LogP contribution is -2.23. The van der Waals surface area contributed by atoms with E-state index in [9.17, 15) is 14.4 Å². The van der Waals surface area contributed by atoms with Crippen molar-refractivity contribution in [1.29, 1.82) is 0 Å². The first-order valence-electron chi connectivity index (χ1n) is 11.6. The molecule has 0 fully saturated rings. The van der Waals surface area contributed by atoms with Crippen LogP contribution in [-0.2, 0) is 17.6 Å². The second kappa shape index (κ2) is 9.79. The second-order valence-electron chi connectivity index (χ2n) is 8.77. The van der Waals surface area contributed by atoms with Gasteiger partial charge in [-0.3, -0.25) is 14.4 Å². The van der Waals surface area contributed by atoms with Crippen molar-refractivity contribution in [2.45, 2.75) is 49.9 Å². The smallest absolute Gasteiger partial charge is 0.260 e. The molecule has 35 heavy (non-hydrogen) atoms. The minimum absolute atomic E-state index is 0.0272. The number of H-pyrrole nitrogens is 1. The van der Waals surface area contributed by atoms with Gasteiger partial charge in [-0.25, -0.2) is 4.98 Å². The molecule has 0 spiro atoms. The summed E-state index contributed by atoms with van der Waals surface area (Å²) in [6.07, 6.45) is 4.65. The lowest BCUT2D eigenvalue weighted by molar-refractivity contribution is -0.115. The number of aryl methyl sites for hydroxylation is 2. The van der Waals surface area contributed by atoms with E-state index in [1.165, 1.54) is 54.0 Å². The number of anilines is 1. The molecule has 0 saturated heterocycles. The summed E-state index contributed by atoms with van der Waals surface area (Å²) < 4.78 is 0. The van der Waals surface area contributed by atoms with Crippen LogP contribution >= 0.6 is 23.1 Å². The maximum Gasteiger partial charge on any atom is 0.260 e. The maximum atomic E-state index is 13.0. The van der Waals surface area contributed by atoms with Gasteiger partial charge >= 0.3 is 0 Å². The van der Waals surface area contributed by atoms with Crippen LogP contribution in [0.15, 0.2) is 57.8 Å². The molecule has 178 valence electrons. The van der Waals surface area contributed by atoms with E-state index in [-0.39, 0.29) is 17.2 Å². The zero-order chi connectivity index (χ0) is 24.5. The van der Waals surface area contributed by atoms with Crippen LogP contribution < -0.4 is 10.9 Å². The van der Waals surface area contributed by atoms with Gasteiger partial charge in [0.15, 0.2) is 10.9 Å². The Balaban J connectivity index is 1.34. The van der Waals surface area contributed by atoms with Crippen LogP contribution in [0.3, 0.4) is 0 Å². The van der Waals surface area contributed by atoms with Gasteiger partial charge in [-0.2, -0.15) is 0 Å². The van der Waals surface area contributed by atoms with Gasteiger partial charge in [0.25, 0.3) is 5.56 Å². The topological polar surface area (TPSA) is 91.9 Å². The molecule has 5 rings (SSSR count). The van der Waals surface area contributed by atoms with E-state index in [2.05, 4.69) is 33.5 Å². The summed E-state index contributed by atoms with van der Waals surface area (Å²) in [5, 5.41) is 5.36. The van der Waals surface area contributed by atoms with Gasteiger partial charge in [-0.05, 0) is 80.5 Å². The summed E-state index contributed by atoms with van der Waals surface area (Å²) in [7, 11) is 0. The Bertz CT molecular complexity index is 1490. The molecule has 1 aliphatic rings. The van der Waals surface area contributed by atoms with Crippen molar-refractivity contribution in [3.8, 4) is 11.1 Å². The number of aromatic nitrogens is 2. The second-order valence-corrected chi connectivity index (χ2v) is 11.0. The third-order valence-corrected chi connectivity index (χ3v) is 8.15. The summed E-state index contributed by atoms with van der Waals surface area (Å²) >= 11 is 2.65. The SMILES string of the molecule is CC(=O)c1ccc(NC(=O)C(C)Sc2nc3scc(-c4ccc5c(c4)CCCC5)c3c(=O)[nH]2)cc1. The molecule has 0 aliphatic heterocycles. The van der Waals surface area contributed by atoms with E-state index in [1.54, 1.807) is 31.2 Å². The van der Waals surface area contributed by atoms with E-state index < -0.39 is 5.25 Å². The highest BCUT2D eigenvalue weighted by Gasteiger charge is 2.19. The van der Waals surface area contributed by atoms with Crippen LogP contribution in [-0.4, -0.2) is 26.9 Å². The number of carbonyl (C=O) groups is 2. The number of aromatic amines is 1. The molecule has 6 nitrogen and oxygen atoms in total. The Labute approximate surface area is 211 Å². The molecule has 0 saturated carbocycles. The number of carbonyl (C=O) groups excluding carboxylic acids is 2. The standard InChI is InChI=1S/C27H25N3O3S2/c1-15(31)17-9-11-21(12-10-17)28-24(32)16(2)35-27-29-25(33)23-22(14-34-26(23)30-27)20-8-7-18-5-3-4-6-19(18)13-20/h7-14,16H,3-6H2,1-2H3,(H,28,32)(H,29,30,33). The summed E-state index contributed by atoms with van der Waals surface area (Å²) in [4.78, 5) is 45.3. The molecule has 0 radical (unpaired) electrons. The maximum absolute atomic E-state index is 13.0.